The van der Waals surface area contributed by atoms with Crippen LogP contribution in [-0.4, -0.2) is 62.2 Å². The molecule has 0 bridgehead atoms. The fourth-order valence-electron chi connectivity index (χ4n) is 3.44. The van der Waals surface area contributed by atoms with Gasteiger partial charge in [0.15, 0.2) is 0 Å². The van der Waals surface area contributed by atoms with Crippen molar-refractivity contribution < 1.29 is 8.42 Å². The number of fused-ring (bicyclic) bond motifs is 1. The first-order chi connectivity index (χ1) is 9.96. The highest BCUT2D eigenvalue weighted by molar-refractivity contribution is 7.86. The van der Waals surface area contributed by atoms with E-state index in [1.54, 1.807) is 29.7 Å². The van der Waals surface area contributed by atoms with Crippen LogP contribution >= 0.6 is 11.3 Å². The van der Waals surface area contributed by atoms with Crippen LogP contribution < -0.4 is 0 Å². The molecule has 2 fully saturated rings. The minimum atomic E-state index is -3.26. The smallest absolute Gasteiger partial charge is 0.281 e. The van der Waals surface area contributed by atoms with Gasteiger partial charge in [-0.05, 0) is 40.6 Å². The van der Waals surface area contributed by atoms with Crippen molar-refractivity contribution in [1.82, 2.24) is 13.5 Å². The standard InChI is InChI=1S/C14H23N3O2S2/c1-15(2)21(18,19)17-5-3-13-8-16(9-14(13)10-17)7-12-4-6-20-11-12/h4,6,11,13-14H,3,5,7-10H2,1-2H3/t13-,14-/m1/s1. The highest BCUT2D eigenvalue weighted by atomic mass is 32.2. The second-order valence-corrected chi connectivity index (χ2v) is 9.21. The average Bonchev–Trinajstić information content (AvgIpc) is 3.06. The van der Waals surface area contributed by atoms with Crippen molar-refractivity contribution in [2.45, 2.75) is 13.0 Å². The van der Waals surface area contributed by atoms with Gasteiger partial charge in [-0.15, -0.1) is 0 Å². The summed E-state index contributed by atoms with van der Waals surface area (Å²) >= 11 is 1.74. The third kappa shape index (κ3) is 3.17. The predicted molar refractivity (Wildman–Crippen MR) is 85.4 cm³/mol. The second-order valence-electron chi connectivity index (χ2n) is 6.28. The van der Waals surface area contributed by atoms with Crippen molar-refractivity contribution in [2.75, 3.05) is 40.3 Å². The van der Waals surface area contributed by atoms with Crippen LogP contribution in [0.3, 0.4) is 0 Å². The molecule has 5 nitrogen and oxygen atoms in total. The number of rotatable bonds is 4. The van der Waals surface area contributed by atoms with Gasteiger partial charge in [0.05, 0.1) is 0 Å². The summed E-state index contributed by atoms with van der Waals surface area (Å²) in [6.45, 7) is 4.45. The van der Waals surface area contributed by atoms with Crippen LogP contribution in [0.4, 0.5) is 0 Å². The molecule has 0 spiro atoms. The van der Waals surface area contributed by atoms with Crippen LogP contribution in [0.5, 0.6) is 0 Å². The monoisotopic (exact) mass is 329 g/mol. The van der Waals surface area contributed by atoms with Crippen molar-refractivity contribution in [3.05, 3.63) is 22.4 Å². The van der Waals surface area contributed by atoms with Crippen LogP contribution in [0.25, 0.3) is 0 Å². The number of hydrogen-bond donors (Lipinski definition) is 0. The molecule has 0 amide bonds. The second kappa shape index (κ2) is 5.96. The van der Waals surface area contributed by atoms with Crippen molar-refractivity contribution in [3.63, 3.8) is 0 Å². The number of thiophene rings is 1. The molecule has 0 radical (unpaired) electrons. The van der Waals surface area contributed by atoms with Gasteiger partial charge >= 0.3 is 0 Å². The lowest BCUT2D eigenvalue weighted by Gasteiger charge is -2.34. The highest BCUT2D eigenvalue weighted by Gasteiger charge is 2.40. The lowest BCUT2D eigenvalue weighted by atomic mass is 9.90. The van der Waals surface area contributed by atoms with Crippen molar-refractivity contribution in [3.8, 4) is 0 Å². The van der Waals surface area contributed by atoms with E-state index in [0.717, 1.165) is 26.1 Å². The Hall–Kier alpha value is -0.470. The maximum Gasteiger partial charge on any atom is 0.281 e. The van der Waals surface area contributed by atoms with E-state index < -0.39 is 10.2 Å². The third-order valence-electron chi connectivity index (χ3n) is 4.61. The first-order valence-electron chi connectivity index (χ1n) is 7.38. The van der Waals surface area contributed by atoms with Gasteiger partial charge in [0.25, 0.3) is 10.2 Å². The van der Waals surface area contributed by atoms with Gasteiger partial charge in [0, 0.05) is 46.8 Å². The molecule has 7 heteroatoms. The summed E-state index contributed by atoms with van der Waals surface area (Å²) < 4.78 is 27.5. The molecule has 0 N–H and O–H groups in total. The Morgan fingerprint density at radius 2 is 2.05 bits per heavy atom. The Morgan fingerprint density at radius 1 is 1.29 bits per heavy atom. The van der Waals surface area contributed by atoms with Crippen LogP contribution in [0.1, 0.15) is 12.0 Å². The van der Waals surface area contributed by atoms with Crippen LogP contribution in [-0.2, 0) is 16.8 Å². The Morgan fingerprint density at radius 3 is 2.71 bits per heavy atom. The lowest BCUT2D eigenvalue weighted by Crippen LogP contribution is -2.47. The van der Waals surface area contributed by atoms with Crippen molar-refractivity contribution in [1.29, 1.82) is 0 Å². The van der Waals surface area contributed by atoms with Crippen molar-refractivity contribution >= 4 is 21.5 Å². The molecule has 1 aromatic heterocycles. The topological polar surface area (TPSA) is 43.9 Å². The fourth-order valence-corrected chi connectivity index (χ4v) is 5.28. The van der Waals surface area contributed by atoms with E-state index in [9.17, 15) is 8.42 Å². The normalized spacial score (nSPS) is 28.1. The van der Waals surface area contributed by atoms with Gasteiger partial charge in [0.1, 0.15) is 0 Å². The maximum absolute atomic E-state index is 12.3. The summed E-state index contributed by atoms with van der Waals surface area (Å²) in [6.07, 6.45) is 0.984. The maximum atomic E-state index is 12.3. The first-order valence-corrected chi connectivity index (χ1v) is 9.72. The molecule has 2 saturated heterocycles. The van der Waals surface area contributed by atoms with E-state index in [1.807, 2.05) is 0 Å². The molecule has 2 atom stereocenters. The zero-order valence-electron chi connectivity index (χ0n) is 12.6. The molecule has 118 valence electrons. The molecule has 21 heavy (non-hydrogen) atoms. The van der Waals surface area contributed by atoms with E-state index in [1.165, 1.54) is 9.87 Å². The van der Waals surface area contributed by atoms with E-state index in [2.05, 4.69) is 21.7 Å². The minimum Gasteiger partial charge on any atom is -0.298 e. The Kier molecular flexibility index (Phi) is 4.38. The van der Waals surface area contributed by atoms with Gasteiger partial charge in [0.2, 0.25) is 0 Å². The summed E-state index contributed by atoms with van der Waals surface area (Å²) in [6, 6.07) is 2.18. The molecule has 2 aliphatic rings. The summed E-state index contributed by atoms with van der Waals surface area (Å²) in [4.78, 5) is 2.48. The van der Waals surface area contributed by atoms with Crippen LogP contribution in [0.15, 0.2) is 16.8 Å². The Balaban J connectivity index is 1.62. The lowest BCUT2D eigenvalue weighted by molar-refractivity contribution is 0.219. The van der Waals surface area contributed by atoms with E-state index >= 15 is 0 Å². The van der Waals surface area contributed by atoms with Gasteiger partial charge in [-0.2, -0.15) is 28.4 Å². The van der Waals surface area contributed by atoms with Crippen LogP contribution in [0.2, 0.25) is 0 Å². The molecule has 1 aromatic rings. The Bertz CT molecular complexity index is 571. The quantitative estimate of drug-likeness (QED) is 0.836. The largest absolute Gasteiger partial charge is 0.298 e. The minimum absolute atomic E-state index is 0.479. The Labute approximate surface area is 131 Å². The molecule has 2 aliphatic heterocycles. The van der Waals surface area contributed by atoms with Gasteiger partial charge in [-0.25, -0.2) is 0 Å². The highest BCUT2D eigenvalue weighted by Crippen LogP contribution is 2.33. The summed E-state index contributed by atoms with van der Waals surface area (Å²) in [5.74, 6) is 1.13. The van der Waals surface area contributed by atoms with Crippen molar-refractivity contribution in [2.24, 2.45) is 11.8 Å². The number of hydrogen-bond acceptors (Lipinski definition) is 4. The number of nitrogens with zero attached hydrogens (tertiary/aromatic N) is 3. The van der Waals surface area contributed by atoms with E-state index in [0.29, 0.717) is 24.9 Å². The van der Waals surface area contributed by atoms with Gasteiger partial charge in [-0.1, -0.05) is 0 Å². The zero-order chi connectivity index (χ0) is 15.0. The summed E-state index contributed by atoms with van der Waals surface area (Å²) in [7, 11) is -0.0361. The molecule has 3 rings (SSSR count). The fraction of sp³-hybridized carbons (Fsp3) is 0.714. The van der Waals surface area contributed by atoms with Gasteiger partial charge in [-0.3, -0.25) is 4.90 Å². The first kappa shape index (κ1) is 15.4. The average molecular weight is 329 g/mol. The van der Waals surface area contributed by atoms with E-state index in [-0.39, 0.29) is 0 Å². The van der Waals surface area contributed by atoms with Gasteiger partial charge < -0.3 is 0 Å². The summed E-state index contributed by atoms with van der Waals surface area (Å²) in [5, 5.41) is 4.31. The molecule has 3 heterocycles. The van der Waals surface area contributed by atoms with E-state index in [4.69, 9.17) is 0 Å². The number of likely N-dealkylation sites (tertiary alicyclic amines) is 1. The predicted octanol–water partition coefficient (Wildman–Crippen LogP) is 1.31. The van der Waals surface area contributed by atoms with Crippen LogP contribution in [0, 0.1) is 11.8 Å². The zero-order valence-corrected chi connectivity index (χ0v) is 14.2. The SMILES string of the molecule is CN(C)S(=O)(=O)N1CC[C@@H]2CN(Cc3ccsc3)C[C@@H]2C1. The molecule has 0 aliphatic carbocycles. The third-order valence-corrected chi connectivity index (χ3v) is 7.25. The number of piperidine rings is 1. The molecular weight excluding hydrogens is 306 g/mol. The molecule has 0 saturated carbocycles. The molecule has 0 aromatic carbocycles. The molecule has 0 unspecified atom stereocenters. The summed E-state index contributed by atoms with van der Waals surface area (Å²) in [5.41, 5.74) is 1.37. The molecular formula is C14H23N3O2S2.